The van der Waals surface area contributed by atoms with E-state index in [9.17, 15) is 71.5 Å². The highest BCUT2D eigenvalue weighted by molar-refractivity contribution is 5.79. The summed E-state index contributed by atoms with van der Waals surface area (Å²) in [6.07, 6.45) is -27.3. The van der Waals surface area contributed by atoms with E-state index in [1.807, 2.05) is 0 Å². The normalized spacial score (nSPS) is 53.4. The molecule has 4 heterocycles. The van der Waals surface area contributed by atoms with Crippen LogP contribution in [0.3, 0.4) is 0 Å². The molecule has 0 amide bonds. The first-order chi connectivity index (χ1) is 36.0. The van der Waals surface area contributed by atoms with Crippen LogP contribution >= 0.6 is 0 Å². The molecule has 28 atom stereocenters. The van der Waals surface area contributed by atoms with Crippen molar-refractivity contribution in [2.75, 3.05) is 26.4 Å². The van der Waals surface area contributed by atoms with Crippen LogP contribution in [0.5, 0.6) is 0 Å². The van der Waals surface area contributed by atoms with E-state index in [1.165, 1.54) is 5.57 Å². The summed E-state index contributed by atoms with van der Waals surface area (Å²) in [5.41, 5.74) is -0.658. The van der Waals surface area contributed by atoms with Crippen molar-refractivity contribution in [3.8, 4) is 0 Å². The van der Waals surface area contributed by atoms with Gasteiger partial charge in [0.25, 0.3) is 0 Å². The number of carbonyl (C=O) groups is 1. The van der Waals surface area contributed by atoms with Crippen molar-refractivity contribution >= 4 is 5.97 Å². The maximum absolute atomic E-state index is 15.5. The van der Waals surface area contributed by atoms with Crippen LogP contribution in [0.2, 0.25) is 0 Å². The Balaban J connectivity index is 0.976. The molecule has 0 aromatic carbocycles. The van der Waals surface area contributed by atoms with E-state index in [2.05, 4.69) is 54.5 Å². The Morgan fingerprint density at radius 3 is 1.66 bits per heavy atom. The topological polar surface area (TPSA) is 374 Å². The number of allylic oxidation sites excluding steroid dienone is 2. The average Bonchev–Trinajstić information content (AvgIpc) is 3.52. The quantitative estimate of drug-likeness (QED) is 0.0740. The molecular formula is C54H88O23. The Bertz CT molecular complexity index is 2110. The van der Waals surface area contributed by atoms with Gasteiger partial charge in [0.05, 0.1) is 37.9 Å². The van der Waals surface area contributed by atoms with Crippen LogP contribution in [0, 0.1) is 50.2 Å². The van der Waals surface area contributed by atoms with Crippen molar-refractivity contribution in [3.05, 3.63) is 11.6 Å². The van der Waals surface area contributed by atoms with Crippen molar-refractivity contribution in [1.29, 1.82) is 0 Å². The molecule has 0 unspecified atom stereocenters. The van der Waals surface area contributed by atoms with Gasteiger partial charge >= 0.3 is 5.97 Å². The van der Waals surface area contributed by atoms with Crippen molar-refractivity contribution in [2.24, 2.45) is 50.2 Å². The first-order valence-corrected chi connectivity index (χ1v) is 27.8. The third-order valence-electron chi connectivity index (χ3n) is 21.4. The third-order valence-corrected chi connectivity index (χ3v) is 21.4. The summed E-state index contributed by atoms with van der Waals surface area (Å²) in [5.74, 6) is -0.224. The van der Waals surface area contributed by atoms with Crippen LogP contribution in [0.25, 0.3) is 0 Å². The van der Waals surface area contributed by atoms with Gasteiger partial charge in [-0.05, 0) is 109 Å². The Morgan fingerprint density at radius 2 is 1.05 bits per heavy atom. The summed E-state index contributed by atoms with van der Waals surface area (Å²) in [6.45, 7) is 12.8. The number of esters is 1. The van der Waals surface area contributed by atoms with Crippen molar-refractivity contribution in [3.63, 3.8) is 0 Å². The fraction of sp³-hybridized carbons (Fsp3) is 0.944. The molecule has 23 nitrogen and oxygen atoms in total. The molecule has 0 bridgehead atoms. The minimum absolute atomic E-state index is 0.00995. The van der Waals surface area contributed by atoms with Gasteiger partial charge in [-0.25, -0.2) is 0 Å². The lowest BCUT2D eigenvalue weighted by molar-refractivity contribution is -0.393. The lowest BCUT2D eigenvalue weighted by Crippen LogP contribution is -2.67. The van der Waals surface area contributed by atoms with E-state index in [4.69, 9.17) is 37.9 Å². The maximum Gasteiger partial charge on any atom is 0.315 e. The molecule has 14 N–H and O–H groups in total. The molecule has 0 aromatic heterocycles. The summed E-state index contributed by atoms with van der Waals surface area (Å²) < 4.78 is 47.3. The van der Waals surface area contributed by atoms with E-state index in [0.717, 1.165) is 32.1 Å². The predicted molar refractivity (Wildman–Crippen MR) is 263 cm³/mol. The van der Waals surface area contributed by atoms with Gasteiger partial charge in [-0.2, -0.15) is 0 Å². The standard InChI is InChI=1S/C54H88O23/c1-49(2)14-16-54(17-15-52(6)23(24(54)18-49)8-9-30-51(5)12-11-31(58)50(3,4)29(51)10-13-53(30,52)7)48(69)77-47-43(39(66)34(61)27(21-57)73-47)76-46-42(38(65)33(60)26(20-56)72-46)75-45-41(68)37(64)35(62)28(74-45)22-70-44-40(67)36(63)32(59)25(19-55)71-44/h8,24-47,55-68H,9-22H2,1-7H3/t24-,25+,26+,27+,28+,29-,30+,31-,32+,33+,34+,35+,36-,37-,38-,39-,40+,41+,42+,43+,44+,45-,46-,47-,51-,52+,53+,54-/m0/s1. The van der Waals surface area contributed by atoms with E-state index in [0.29, 0.717) is 43.9 Å². The van der Waals surface area contributed by atoms with Crippen LogP contribution in [0.15, 0.2) is 11.6 Å². The largest absolute Gasteiger partial charge is 0.432 e. The Hall–Kier alpha value is -1.63. The molecule has 0 radical (unpaired) electrons. The van der Waals surface area contributed by atoms with Gasteiger partial charge in [0.1, 0.15) is 91.6 Å². The Kier molecular flexibility index (Phi) is 17.0. The summed E-state index contributed by atoms with van der Waals surface area (Å²) in [4.78, 5) is 15.5. The van der Waals surface area contributed by atoms with Crippen molar-refractivity contribution in [2.45, 2.75) is 242 Å². The second-order valence-electron chi connectivity index (χ2n) is 26.3. The zero-order valence-corrected chi connectivity index (χ0v) is 45.3. The van der Waals surface area contributed by atoms with Gasteiger partial charge in [0.15, 0.2) is 25.0 Å². The SMILES string of the molecule is CC1(C)CC[C@]2(C(=O)O[C@@H]3O[C@H](CO)[C@@H](O)[C@H](O)[C@H]3O[C@@H]3O[C@H](CO)[C@@H](O)[C@H](O)[C@H]3O[C@@H]3O[C@H](CO[C@@H]4O[C@H](CO)[C@@H](O)[C@H](O)[C@H]4O)[C@@H](O)[C@H](O)[C@H]3O)CC[C@]3(C)C(=CC[C@@H]4[C@@]5(C)CC[C@H](O)C(C)(C)[C@@H]5CC[C@]43C)[C@@H]2C1. The number of rotatable bonds is 12. The van der Waals surface area contributed by atoms with Gasteiger partial charge in [-0.15, -0.1) is 0 Å². The summed E-state index contributed by atoms with van der Waals surface area (Å²) in [6, 6.07) is 0. The monoisotopic (exact) mass is 1100 g/mol. The molecule has 4 aliphatic heterocycles. The molecule has 9 aliphatic rings. The molecule has 4 saturated carbocycles. The maximum atomic E-state index is 15.5. The van der Waals surface area contributed by atoms with Crippen LogP contribution in [-0.4, -0.2) is 233 Å². The fourth-order valence-electron chi connectivity index (χ4n) is 16.3. The number of aliphatic hydroxyl groups is 14. The van der Waals surface area contributed by atoms with Crippen LogP contribution in [-0.2, 0) is 42.7 Å². The molecule has 77 heavy (non-hydrogen) atoms. The van der Waals surface area contributed by atoms with E-state index in [1.54, 1.807) is 0 Å². The number of aliphatic hydroxyl groups excluding tert-OH is 14. The third kappa shape index (κ3) is 9.90. The zero-order valence-electron chi connectivity index (χ0n) is 45.3. The second kappa shape index (κ2) is 21.8. The molecule has 4 saturated heterocycles. The molecule has 9 rings (SSSR count). The first kappa shape index (κ1) is 60.0. The lowest BCUT2D eigenvalue weighted by atomic mass is 9.33. The van der Waals surface area contributed by atoms with Crippen molar-refractivity contribution < 1.29 is 114 Å². The lowest BCUT2D eigenvalue weighted by Gasteiger charge is -2.71. The van der Waals surface area contributed by atoms with Crippen LogP contribution in [0.4, 0.5) is 0 Å². The molecule has 23 heteroatoms. The smallest absolute Gasteiger partial charge is 0.315 e. The molecule has 0 aromatic rings. The number of hydrogen-bond acceptors (Lipinski definition) is 23. The highest BCUT2D eigenvalue weighted by atomic mass is 16.8. The predicted octanol–water partition coefficient (Wildman–Crippen LogP) is -2.04. The Labute approximate surface area is 449 Å². The minimum atomic E-state index is -2.09. The molecule has 0 spiro atoms. The van der Waals surface area contributed by atoms with E-state index in [-0.39, 0.29) is 39.1 Å². The van der Waals surface area contributed by atoms with Crippen LogP contribution < -0.4 is 0 Å². The van der Waals surface area contributed by atoms with Gasteiger partial charge < -0.3 is 109 Å². The van der Waals surface area contributed by atoms with E-state index < -0.39 is 161 Å². The van der Waals surface area contributed by atoms with Gasteiger partial charge in [-0.3, -0.25) is 4.79 Å². The summed E-state index contributed by atoms with van der Waals surface area (Å²) >= 11 is 0. The highest BCUT2D eigenvalue weighted by Crippen LogP contribution is 2.76. The molecule has 442 valence electrons. The first-order valence-electron chi connectivity index (χ1n) is 27.8. The molecule has 5 aliphatic carbocycles. The Morgan fingerprint density at radius 1 is 0.545 bits per heavy atom. The number of ether oxygens (including phenoxy) is 8. The van der Waals surface area contributed by atoms with E-state index >= 15 is 4.79 Å². The van der Waals surface area contributed by atoms with Gasteiger partial charge in [-0.1, -0.05) is 60.1 Å². The number of hydrogen-bond donors (Lipinski definition) is 14. The number of fused-ring (bicyclic) bond motifs is 7. The van der Waals surface area contributed by atoms with Crippen LogP contribution in [0.1, 0.15) is 113 Å². The van der Waals surface area contributed by atoms with Gasteiger partial charge in [0, 0.05) is 0 Å². The van der Waals surface area contributed by atoms with Gasteiger partial charge in [0.2, 0.25) is 6.29 Å². The highest BCUT2D eigenvalue weighted by Gasteiger charge is 2.70. The summed E-state index contributed by atoms with van der Waals surface area (Å²) in [5, 5.41) is 151. The summed E-state index contributed by atoms with van der Waals surface area (Å²) in [7, 11) is 0. The second-order valence-corrected chi connectivity index (χ2v) is 26.3. The fourth-order valence-corrected chi connectivity index (χ4v) is 16.3. The molecular weight excluding hydrogens is 1020 g/mol. The zero-order chi connectivity index (χ0) is 56.3. The average molecular weight is 1110 g/mol. The number of carbonyl (C=O) groups excluding carboxylic acids is 1. The van der Waals surface area contributed by atoms with Crippen molar-refractivity contribution in [1.82, 2.24) is 0 Å². The molecule has 8 fully saturated rings. The minimum Gasteiger partial charge on any atom is -0.432 e.